The molecule has 0 fully saturated rings. The summed E-state index contributed by atoms with van der Waals surface area (Å²) in [6.07, 6.45) is -0.953. The average molecular weight is 483 g/mol. The van der Waals surface area contributed by atoms with Crippen LogP contribution in [-0.4, -0.2) is 54.3 Å². The Bertz CT molecular complexity index is 1060. The van der Waals surface area contributed by atoms with Crippen LogP contribution < -0.4 is 10.6 Å². The van der Waals surface area contributed by atoms with E-state index in [0.29, 0.717) is 0 Å². The molecule has 35 heavy (non-hydrogen) atoms. The van der Waals surface area contributed by atoms with Gasteiger partial charge in [0.25, 0.3) is 0 Å². The number of nitrogens with one attached hydrogen (secondary N) is 2. The van der Waals surface area contributed by atoms with E-state index in [2.05, 4.69) is 15.4 Å². The van der Waals surface area contributed by atoms with E-state index in [0.717, 1.165) is 29.4 Å². The zero-order valence-electron chi connectivity index (χ0n) is 20.0. The van der Waals surface area contributed by atoms with Gasteiger partial charge < -0.3 is 25.2 Å². The highest BCUT2D eigenvalue weighted by atomic mass is 16.5. The first-order chi connectivity index (χ1) is 16.8. The highest BCUT2D eigenvalue weighted by Gasteiger charge is 2.40. The quantitative estimate of drug-likeness (QED) is 0.443. The summed E-state index contributed by atoms with van der Waals surface area (Å²) in [6, 6.07) is 14.4. The summed E-state index contributed by atoms with van der Waals surface area (Å²) in [7, 11) is 1.13. The SMILES string of the molecule is CCC(CC)(NC(=O)OCC1c2ccccc2-c2ccccc21)C(=O)N[C@H](CC(=O)OC)C(=O)O. The number of fused-ring (bicyclic) bond motifs is 3. The first-order valence-electron chi connectivity index (χ1n) is 11.5. The van der Waals surface area contributed by atoms with E-state index in [9.17, 15) is 24.3 Å². The summed E-state index contributed by atoms with van der Waals surface area (Å²) in [5.41, 5.74) is 2.90. The highest BCUT2D eigenvalue weighted by Crippen LogP contribution is 2.44. The van der Waals surface area contributed by atoms with Gasteiger partial charge in [-0.25, -0.2) is 9.59 Å². The van der Waals surface area contributed by atoms with Gasteiger partial charge in [0.2, 0.25) is 5.91 Å². The minimum atomic E-state index is -1.49. The second-order valence-corrected chi connectivity index (χ2v) is 8.38. The van der Waals surface area contributed by atoms with Crippen LogP contribution >= 0.6 is 0 Å². The maximum absolute atomic E-state index is 13.0. The molecule has 186 valence electrons. The van der Waals surface area contributed by atoms with Crippen LogP contribution in [0.5, 0.6) is 0 Å². The Morgan fingerprint density at radius 1 is 0.971 bits per heavy atom. The lowest BCUT2D eigenvalue weighted by molar-refractivity contribution is -0.149. The Balaban J connectivity index is 1.70. The summed E-state index contributed by atoms with van der Waals surface area (Å²) < 4.78 is 10.1. The van der Waals surface area contributed by atoms with Gasteiger partial charge in [0.15, 0.2) is 0 Å². The van der Waals surface area contributed by atoms with Crippen LogP contribution in [0.3, 0.4) is 0 Å². The van der Waals surface area contributed by atoms with Crippen molar-refractivity contribution in [1.29, 1.82) is 0 Å². The molecule has 2 amide bonds. The van der Waals surface area contributed by atoms with Gasteiger partial charge in [0.1, 0.15) is 18.2 Å². The summed E-state index contributed by atoms with van der Waals surface area (Å²) in [4.78, 5) is 48.9. The number of carboxylic acids is 1. The number of carbonyl (C=O) groups excluding carboxylic acids is 3. The zero-order valence-corrected chi connectivity index (χ0v) is 20.0. The van der Waals surface area contributed by atoms with E-state index in [1.807, 2.05) is 48.5 Å². The third kappa shape index (κ3) is 5.45. The van der Waals surface area contributed by atoms with Crippen molar-refractivity contribution in [1.82, 2.24) is 10.6 Å². The molecule has 0 saturated carbocycles. The normalized spacial score (nSPS) is 13.2. The molecule has 1 atom stereocenters. The van der Waals surface area contributed by atoms with Crippen molar-refractivity contribution < 1.29 is 33.8 Å². The molecule has 0 aromatic heterocycles. The molecule has 2 aromatic carbocycles. The van der Waals surface area contributed by atoms with Crippen molar-refractivity contribution in [3.8, 4) is 11.1 Å². The first kappa shape index (κ1) is 25.7. The van der Waals surface area contributed by atoms with Crippen LogP contribution in [0.15, 0.2) is 48.5 Å². The van der Waals surface area contributed by atoms with E-state index in [1.54, 1.807) is 13.8 Å². The second kappa shape index (κ2) is 11.0. The van der Waals surface area contributed by atoms with E-state index in [4.69, 9.17) is 4.74 Å². The van der Waals surface area contributed by atoms with Gasteiger partial charge in [-0.2, -0.15) is 0 Å². The molecule has 0 aliphatic heterocycles. The lowest BCUT2D eigenvalue weighted by Gasteiger charge is -2.32. The molecule has 1 aliphatic carbocycles. The molecule has 3 rings (SSSR count). The third-order valence-electron chi connectivity index (χ3n) is 6.53. The van der Waals surface area contributed by atoms with E-state index >= 15 is 0 Å². The lowest BCUT2D eigenvalue weighted by Crippen LogP contribution is -2.61. The smallest absolute Gasteiger partial charge is 0.408 e. The molecular formula is C26H30N2O7. The second-order valence-electron chi connectivity index (χ2n) is 8.38. The molecule has 0 unspecified atom stereocenters. The monoisotopic (exact) mass is 482 g/mol. The number of carbonyl (C=O) groups is 4. The predicted molar refractivity (Wildman–Crippen MR) is 128 cm³/mol. The van der Waals surface area contributed by atoms with Gasteiger partial charge in [-0.1, -0.05) is 62.4 Å². The molecule has 0 radical (unpaired) electrons. The molecule has 9 nitrogen and oxygen atoms in total. The average Bonchev–Trinajstić information content (AvgIpc) is 3.19. The number of benzene rings is 2. The molecule has 0 bridgehead atoms. The third-order valence-corrected chi connectivity index (χ3v) is 6.53. The van der Waals surface area contributed by atoms with Crippen LogP contribution in [0.25, 0.3) is 11.1 Å². The molecule has 0 spiro atoms. The Labute approximate surface area is 203 Å². The predicted octanol–water partition coefficient (Wildman–Crippen LogP) is 3.22. The number of ether oxygens (including phenoxy) is 2. The molecule has 2 aromatic rings. The number of rotatable bonds is 10. The minimum absolute atomic E-state index is 0.0745. The van der Waals surface area contributed by atoms with Crippen LogP contribution in [-0.2, 0) is 23.9 Å². The van der Waals surface area contributed by atoms with Gasteiger partial charge in [-0.15, -0.1) is 0 Å². The maximum Gasteiger partial charge on any atom is 0.408 e. The number of carboxylic acid groups (broad SMARTS) is 1. The Kier molecular flexibility index (Phi) is 8.11. The van der Waals surface area contributed by atoms with Gasteiger partial charge in [0, 0.05) is 5.92 Å². The Hall–Kier alpha value is -3.88. The molecule has 3 N–H and O–H groups in total. The van der Waals surface area contributed by atoms with Crippen molar-refractivity contribution in [3.63, 3.8) is 0 Å². The van der Waals surface area contributed by atoms with Crippen molar-refractivity contribution in [3.05, 3.63) is 59.7 Å². The highest BCUT2D eigenvalue weighted by molar-refractivity contribution is 5.94. The standard InChI is InChI=1S/C26H30N2O7/c1-4-26(5-2,24(32)27-21(23(30)31)14-22(29)34-3)28-25(33)35-15-20-18-12-8-6-10-16(18)17-11-7-9-13-19(17)20/h6-13,20-21H,4-5,14-15H2,1-3H3,(H,27,32)(H,28,33)(H,30,31)/t21-/m1/s1. The van der Waals surface area contributed by atoms with E-state index in [1.165, 1.54) is 0 Å². The molecular weight excluding hydrogens is 452 g/mol. The zero-order chi connectivity index (χ0) is 25.6. The lowest BCUT2D eigenvalue weighted by atomic mass is 9.91. The van der Waals surface area contributed by atoms with Crippen molar-refractivity contribution in [2.45, 2.75) is 50.6 Å². The molecule has 9 heteroatoms. The molecule has 0 heterocycles. The maximum atomic E-state index is 13.0. The number of alkyl carbamates (subject to hydrolysis) is 1. The summed E-state index contributed by atoms with van der Waals surface area (Å²) >= 11 is 0. The van der Waals surface area contributed by atoms with Gasteiger partial charge in [-0.3, -0.25) is 9.59 Å². The van der Waals surface area contributed by atoms with Crippen molar-refractivity contribution in [2.24, 2.45) is 0 Å². The Morgan fingerprint density at radius 3 is 2.00 bits per heavy atom. The van der Waals surface area contributed by atoms with Crippen LogP contribution in [0, 0.1) is 0 Å². The number of methoxy groups -OCH3 is 1. The minimum Gasteiger partial charge on any atom is -0.480 e. The van der Waals surface area contributed by atoms with E-state index in [-0.39, 0.29) is 25.4 Å². The topological polar surface area (TPSA) is 131 Å². The van der Waals surface area contributed by atoms with Crippen LogP contribution in [0.4, 0.5) is 4.79 Å². The number of aliphatic carboxylic acids is 1. The van der Waals surface area contributed by atoms with Gasteiger partial charge in [0.05, 0.1) is 13.5 Å². The van der Waals surface area contributed by atoms with Gasteiger partial charge >= 0.3 is 18.0 Å². The van der Waals surface area contributed by atoms with Crippen LogP contribution in [0.1, 0.15) is 50.2 Å². The fourth-order valence-corrected chi connectivity index (χ4v) is 4.38. The fourth-order valence-electron chi connectivity index (χ4n) is 4.38. The number of esters is 1. The largest absolute Gasteiger partial charge is 0.480 e. The Morgan fingerprint density at radius 2 is 1.51 bits per heavy atom. The summed E-state index contributed by atoms with van der Waals surface area (Å²) in [5, 5.41) is 14.4. The van der Waals surface area contributed by atoms with E-state index < -0.39 is 41.9 Å². The summed E-state index contributed by atoms with van der Waals surface area (Å²) in [6.45, 7) is 3.47. The molecule has 1 aliphatic rings. The van der Waals surface area contributed by atoms with Gasteiger partial charge in [-0.05, 0) is 35.1 Å². The number of hydrogen-bond donors (Lipinski definition) is 3. The molecule has 0 saturated heterocycles. The number of hydrogen-bond acceptors (Lipinski definition) is 6. The van der Waals surface area contributed by atoms with Crippen molar-refractivity contribution in [2.75, 3.05) is 13.7 Å². The summed E-state index contributed by atoms with van der Waals surface area (Å²) in [5.74, 6) is -3.02. The fraction of sp³-hybridized carbons (Fsp3) is 0.385. The van der Waals surface area contributed by atoms with Crippen LogP contribution in [0.2, 0.25) is 0 Å². The first-order valence-corrected chi connectivity index (χ1v) is 11.5. The number of amides is 2. The van der Waals surface area contributed by atoms with Crippen molar-refractivity contribution >= 4 is 23.9 Å².